The smallest absolute Gasteiger partial charge is 0.0992 e. The van der Waals surface area contributed by atoms with Crippen molar-refractivity contribution < 1.29 is 0 Å². The van der Waals surface area contributed by atoms with Crippen LogP contribution in [0, 0.1) is 18.3 Å². The van der Waals surface area contributed by atoms with Gasteiger partial charge < -0.3 is 5.32 Å². The molecule has 1 heterocycles. The summed E-state index contributed by atoms with van der Waals surface area (Å²) in [6.07, 6.45) is 0. The maximum Gasteiger partial charge on any atom is 0.0992 e. The van der Waals surface area contributed by atoms with Gasteiger partial charge in [0.2, 0.25) is 0 Å². The Morgan fingerprint density at radius 1 is 1.26 bits per heavy atom. The van der Waals surface area contributed by atoms with E-state index in [-0.39, 0.29) is 0 Å². The van der Waals surface area contributed by atoms with Crippen LogP contribution in [-0.4, -0.2) is 4.98 Å². The predicted octanol–water partition coefficient (Wildman–Crippen LogP) is 3.20. The van der Waals surface area contributed by atoms with Crippen molar-refractivity contribution in [2.45, 2.75) is 20.0 Å². The lowest BCUT2D eigenvalue weighted by Crippen LogP contribution is -2.14. The van der Waals surface area contributed by atoms with Gasteiger partial charge in [-0.3, -0.25) is 4.98 Å². The fraction of sp³-hybridized carbons (Fsp3) is 0.200. The number of halogens is 1. The van der Waals surface area contributed by atoms with Crippen molar-refractivity contribution in [1.29, 1.82) is 5.26 Å². The molecular formula is C15H14ClN3. The van der Waals surface area contributed by atoms with Gasteiger partial charge in [-0.1, -0.05) is 23.7 Å². The van der Waals surface area contributed by atoms with E-state index in [2.05, 4.69) is 16.4 Å². The zero-order valence-corrected chi connectivity index (χ0v) is 11.4. The number of nitriles is 1. The first-order chi connectivity index (χ1) is 9.19. The van der Waals surface area contributed by atoms with Crippen LogP contribution in [0.15, 0.2) is 36.4 Å². The largest absolute Gasteiger partial charge is 0.307 e. The first-order valence-electron chi connectivity index (χ1n) is 6.01. The number of nitrogens with zero attached hydrogens (tertiary/aromatic N) is 2. The zero-order valence-electron chi connectivity index (χ0n) is 10.7. The highest BCUT2D eigenvalue weighted by Crippen LogP contribution is 2.17. The number of nitrogens with one attached hydrogen (secondary N) is 1. The van der Waals surface area contributed by atoms with Gasteiger partial charge in [0.25, 0.3) is 0 Å². The first-order valence-corrected chi connectivity index (χ1v) is 6.38. The van der Waals surface area contributed by atoms with Crippen LogP contribution in [0.3, 0.4) is 0 Å². The van der Waals surface area contributed by atoms with Crippen LogP contribution in [0.2, 0.25) is 5.02 Å². The summed E-state index contributed by atoms with van der Waals surface area (Å²) in [5.74, 6) is 0. The molecule has 0 aliphatic carbocycles. The van der Waals surface area contributed by atoms with Gasteiger partial charge in [-0.2, -0.15) is 5.26 Å². The third kappa shape index (κ3) is 3.78. The van der Waals surface area contributed by atoms with E-state index in [4.69, 9.17) is 16.9 Å². The van der Waals surface area contributed by atoms with E-state index < -0.39 is 0 Å². The summed E-state index contributed by atoms with van der Waals surface area (Å²) < 4.78 is 0. The summed E-state index contributed by atoms with van der Waals surface area (Å²) in [7, 11) is 0. The number of aromatic nitrogens is 1. The third-order valence-electron chi connectivity index (χ3n) is 2.75. The van der Waals surface area contributed by atoms with Gasteiger partial charge in [0.15, 0.2) is 0 Å². The number of benzene rings is 1. The summed E-state index contributed by atoms with van der Waals surface area (Å²) in [5.41, 5.74) is 3.57. The van der Waals surface area contributed by atoms with Crippen molar-refractivity contribution in [1.82, 2.24) is 10.3 Å². The molecule has 0 unspecified atom stereocenters. The molecule has 0 radical (unpaired) electrons. The van der Waals surface area contributed by atoms with Crippen molar-refractivity contribution in [3.8, 4) is 6.07 Å². The number of pyridine rings is 1. The van der Waals surface area contributed by atoms with E-state index >= 15 is 0 Å². The fourth-order valence-electron chi connectivity index (χ4n) is 1.78. The standard InChI is InChI=1S/C15H14ClN3/c1-11-3-2-4-14(19-11)10-18-9-13-6-5-12(8-17)7-15(13)16/h2-7,18H,9-10H2,1H3. The molecule has 0 fully saturated rings. The minimum Gasteiger partial charge on any atom is -0.307 e. The van der Waals surface area contributed by atoms with E-state index in [1.807, 2.05) is 31.2 Å². The Bertz CT molecular complexity index is 617. The van der Waals surface area contributed by atoms with E-state index in [0.717, 1.165) is 17.0 Å². The zero-order chi connectivity index (χ0) is 13.7. The number of rotatable bonds is 4. The molecular weight excluding hydrogens is 258 g/mol. The second-order valence-electron chi connectivity index (χ2n) is 4.29. The Kier molecular flexibility index (Phi) is 4.51. The molecule has 96 valence electrons. The Hall–Kier alpha value is -1.89. The van der Waals surface area contributed by atoms with Crippen LogP contribution < -0.4 is 5.32 Å². The van der Waals surface area contributed by atoms with Gasteiger partial charge in [-0.15, -0.1) is 0 Å². The maximum atomic E-state index is 8.77. The highest BCUT2D eigenvalue weighted by Gasteiger charge is 2.02. The topological polar surface area (TPSA) is 48.7 Å². The summed E-state index contributed by atoms with van der Waals surface area (Å²) in [6.45, 7) is 3.32. The van der Waals surface area contributed by atoms with Crippen LogP contribution in [-0.2, 0) is 13.1 Å². The van der Waals surface area contributed by atoms with Gasteiger partial charge in [0.05, 0.1) is 17.3 Å². The molecule has 2 aromatic rings. The Balaban J connectivity index is 1.94. The van der Waals surface area contributed by atoms with E-state index in [1.54, 1.807) is 12.1 Å². The molecule has 3 nitrogen and oxygen atoms in total. The second-order valence-corrected chi connectivity index (χ2v) is 4.70. The lowest BCUT2D eigenvalue weighted by Gasteiger charge is -2.07. The van der Waals surface area contributed by atoms with Gasteiger partial charge in [-0.25, -0.2) is 0 Å². The average molecular weight is 272 g/mol. The van der Waals surface area contributed by atoms with Gasteiger partial charge in [0, 0.05) is 23.8 Å². The SMILES string of the molecule is Cc1cccc(CNCc2ccc(C#N)cc2Cl)n1. The van der Waals surface area contributed by atoms with Crippen molar-refractivity contribution in [3.63, 3.8) is 0 Å². The molecule has 0 atom stereocenters. The third-order valence-corrected chi connectivity index (χ3v) is 3.10. The Morgan fingerprint density at radius 2 is 2.11 bits per heavy atom. The number of hydrogen-bond acceptors (Lipinski definition) is 3. The molecule has 19 heavy (non-hydrogen) atoms. The molecule has 0 saturated heterocycles. The summed E-state index contributed by atoms with van der Waals surface area (Å²) in [4.78, 5) is 4.42. The molecule has 1 aromatic heterocycles. The minimum absolute atomic E-state index is 0.578. The van der Waals surface area contributed by atoms with Gasteiger partial charge >= 0.3 is 0 Å². The lowest BCUT2D eigenvalue weighted by atomic mass is 10.1. The minimum atomic E-state index is 0.578. The Morgan fingerprint density at radius 3 is 2.79 bits per heavy atom. The van der Waals surface area contributed by atoms with Crippen molar-refractivity contribution in [2.24, 2.45) is 0 Å². The second kappa shape index (κ2) is 6.33. The monoisotopic (exact) mass is 271 g/mol. The lowest BCUT2D eigenvalue weighted by molar-refractivity contribution is 0.678. The molecule has 4 heteroatoms. The fourth-order valence-corrected chi connectivity index (χ4v) is 2.03. The predicted molar refractivity (Wildman–Crippen MR) is 75.7 cm³/mol. The summed E-state index contributed by atoms with van der Waals surface area (Å²) in [5, 5.41) is 12.7. The van der Waals surface area contributed by atoms with Crippen molar-refractivity contribution in [2.75, 3.05) is 0 Å². The highest BCUT2D eigenvalue weighted by atomic mass is 35.5. The molecule has 0 amide bonds. The van der Waals surface area contributed by atoms with E-state index in [1.165, 1.54) is 0 Å². The molecule has 0 saturated carbocycles. The number of aryl methyl sites for hydroxylation is 1. The van der Waals surface area contributed by atoms with E-state index in [9.17, 15) is 0 Å². The maximum absolute atomic E-state index is 8.77. The number of hydrogen-bond donors (Lipinski definition) is 1. The molecule has 0 spiro atoms. The average Bonchev–Trinajstić information content (AvgIpc) is 2.40. The highest BCUT2D eigenvalue weighted by molar-refractivity contribution is 6.31. The quantitative estimate of drug-likeness (QED) is 0.929. The van der Waals surface area contributed by atoms with Crippen LogP contribution in [0.4, 0.5) is 0 Å². The van der Waals surface area contributed by atoms with Crippen LogP contribution in [0.5, 0.6) is 0 Å². The van der Waals surface area contributed by atoms with E-state index in [0.29, 0.717) is 23.7 Å². The first kappa shape index (κ1) is 13.5. The molecule has 1 aromatic carbocycles. The molecule has 0 aliphatic rings. The molecule has 2 rings (SSSR count). The van der Waals surface area contributed by atoms with Crippen LogP contribution in [0.25, 0.3) is 0 Å². The summed E-state index contributed by atoms with van der Waals surface area (Å²) in [6, 6.07) is 13.4. The Labute approximate surface area is 117 Å². The normalized spacial score (nSPS) is 10.2. The van der Waals surface area contributed by atoms with Crippen molar-refractivity contribution in [3.05, 3.63) is 63.9 Å². The molecule has 0 bridgehead atoms. The van der Waals surface area contributed by atoms with Gasteiger partial charge in [-0.05, 0) is 36.8 Å². The van der Waals surface area contributed by atoms with Gasteiger partial charge in [0.1, 0.15) is 0 Å². The molecule has 0 aliphatic heterocycles. The molecule has 1 N–H and O–H groups in total. The van der Waals surface area contributed by atoms with Crippen LogP contribution in [0.1, 0.15) is 22.5 Å². The van der Waals surface area contributed by atoms with Crippen molar-refractivity contribution >= 4 is 11.6 Å². The van der Waals surface area contributed by atoms with Crippen LogP contribution >= 0.6 is 11.6 Å². The summed E-state index contributed by atoms with van der Waals surface area (Å²) >= 11 is 6.11.